The standard InChI is InChI=1S/C18H31N5O2/c1-6-8-22-9-7-10-23(12-17(22)24)18(25)19-13(2)11-16-14(3)20-21(5)15(16)4/h13H,6-12H2,1-5H3,(H,19,25)/t13-/m0/s1. The van der Waals surface area contributed by atoms with E-state index in [0.29, 0.717) is 6.54 Å². The predicted octanol–water partition coefficient (Wildman–Crippen LogP) is 1.62. The van der Waals surface area contributed by atoms with Crippen LogP contribution in [-0.4, -0.2) is 63.7 Å². The Morgan fingerprint density at radius 2 is 2.04 bits per heavy atom. The van der Waals surface area contributed by atoms with Crippen molar-refractivity contribution in [2.45, 2.75) is 53.0 Å². The van der Waals surface area contributed by atoms with Crippen LogP contribution in [0.15, 0.2) is 0 Å². The summed E-state index contributed by atoms with van der Waals surface area (Å²) in [6.07, 6.45) is 2.51. The number of amides is 3. The van der Waals surface area contributed by atoms with Gasteiger partial charge in [0, 0.05) is 38.4 Å². The summed E-state index contributed by atoms with van der Waals surface area (Å²) >= 11 is 0. The fourth-order valence-corrected chi connectivity index (χ4v) is 3.37. The Morgan fingerprint density at radius 1 is 1.32 bits per heavy atom. The van der Waals surface area contributed by atoms with E-state index in [-0.39, 0.29) is 24.5 Å². The zero-order valence-corrected chi connectivity index (χ0v) is 16.1. The molecule has 1 fully saturated rings. The molecule has 2 rings (SSSR count). The molecule has 1 aromatic rings. The molecule has 25 heavy (non-hydrogen) atoms. The van der Waals surface area contributed by atoms with Crippen molar-refractivity contribution < 1.29 is 9.59 Å². The Bertz CT molecular complexity index is 625. The van der Waals surface area contributed by atoms with E-state index in [1.54, 1.807) is 4.90 Å². The van der Waals surface area contributed by atoms with Crippen LogP contribution in [0.4, 0.5) is 4.79 Å². The highest BCUT2D eigenvalue weighted by Gasteiger charge is 2.25. The summed E-state index contributed by atoms with van der Waals surface area (Å²) in [6.45, 7) is 10.4. The molecule has 0 spiro atoms. The van der Waals surface area contributed by atoms with Crippen LogP contribution in [-0.2, 0) is 18.3 Å². The maximum absolute atomic E-state index is 12.6. The van der Waals surface area contributed by atoms with Crippen LogP contribution >= 0.6 is 0 Å². The zero-order valence-electron chi connectivity index (χ0n) is 16.1. The third-order valence-electron chi connectivity index (χ3n) is 4.85. The molecule has 0 aliphatic carbocycles. The van der Waals surface area contributed by atoms with E-state index in [4.69, 9.17) is 0 Å². The molecule has 2 heterocycles. The van der Waals surface area contributed by atoms with Crippen LogP contribution in [0.1, 0.15) is 43.6 Å². The highest BCUT2D eigenvalue weighted by atomic mass is 16.2. The van der Waals surface area contributed by atoms with Crippen molar-refractivity contribution in [1.82, 2.24) is 24.9 Å². The number of aromatic nitrogens is 2. The molecule has 0 saturated carbocycles. The third-order valence-corrected chi connectivity index (χ3v) is 4.85. The monoisotopic (exact) mass is 349 g/mol. The molecule has 0 unspecified atom stereocenters. The Kier molecular flexibility index (Phi) is 6.45. The first-order valence-corrected chi connectivity index (χ1v) is 9.15. The van der Waals surface area contributed by atoms with E-state index >= 15 is 0 Å². The number of nitrogens with zero attached hydrogens (tertiary/aromatic N) is 4. The third kappa shape index (κ3) is 4.74. The van der Waals surface area contributed by atoms with Gasteiger partial charge < -0.3 is 15.1 Å². The first kappa shape index (κ1) is 19.3. The lowest BCUT2D eigenvalue weighted by molar-refractivity contribution is -0.130. The van der Waals surface area contributed by atoms with Crippen molar-refractivity contribution >= 4 is 11.9 Å². The molecule has 1 aliphatic heterocycles. The first-order chi connectivity index (χ1) is 11.8. The number of rotatable bonds is 5. The number of hydrogen-bond donors (Lipinski definition) is 1. The van der Waals surface area contributed by atoms with Gasteiger partial charge in [-0.05, 0) is 45.6 Å². The Balaban J connectivity index is 1.93. The molecule has 0 aromatic carbocycles. The molecule has 7 heteroatoms. The summed E-state index contributed by atoms with van der Waals surface area (Å²) < 4.78 is 1.87. The van der Waals surface area contributed by atoms with Gasteiger partial charge in [-0.3, -0.25) is 9.48 Å². The number of urea groups is 1. The number of hydrogen-bond acceptors (Lipinski definition) is 3. The van der Waals surface area contributed by atoms with E-state index in [9.17, 15) is 9.59 Å². The van der Waals surface area contributed by atoms with E-state index < -0.39 is 0 Å². The van der Waals surface area contributed by atoms with Crippen molar-refractivity contribution in [3.8, 4) is 0 Å². The molecular weight excluding hydrogens is 318 g/mol. The molecular formula is C18H31N5O2. The van der Waals surface area contributed by atoms with Crippen LogP contribution in [0, 0.1) is 13.8 Å². The van der Waals surface area contributed by atoms with Crippen molar-refractivity contribution in [3.05, 3.63) is 17.0 Å². The summed E-state index contributed by atoms with van der Waals surface area (Å²) in [5.41, 5.74) is 3.30. The van der Waals surface area contributed by atoms with Gasteiger partial charge in [-0.1, -0.05) is 6.92 Å². The Hall–Kier alpha value is -2.05. The fraction of sp³-hybridized carbons (Fsp3) is 0.722. The average molecular weight is 349 g/mol. The molecule has 1 aromatic heterocycles. The summed E-state index contributed by atoms with van der Waals surface area (Å²) in [4.78, 5) is 28.3. The lowest BCUT2D eigenvalue weighted by Gasteiger charge is -2.24. The molecule has 140 valence electrons. The second-order valence-corrected chi connectivity index (χ2v) is 6.98. The van der Waals surface area contributed by atoms with E-state index in [1.807, 2.05) is 37.4 Å². The number of carbonyl (C=O) groups is 2. The number of nitrogens with one attached hydrogen (secondary N) is 1. The largest absolute Gasteiger partial charge is 0.341 e. The van der Waals surface area contributed by atoms with E-state index in [1.165, 1.54) is 5.56 Å². The van der Waals surface area contributed by atoms with Gasteiger partial charge in [0.1, 0.15) is 6.54 Å². The molecule has 1 atom stereocenters. The second kappa shape index (κ2) is 8.36. The van der Waals surface area contributed by atoms with Crippen LogP contribution < -0.4 is 5.32 Å². The minimum Gasteiger partial charge on any atom is -0.341 e. The quantitative estimate of drug-likeness (QED) is 0.878. The summed E-state index contributed by atoms with van der Waals surface area (Å²) in [7, 11) is 1.93. The minimum atomic E-state index is -0.154. The molecule has 3 amide bonds. The smallest absolute Gasteiger partial charge is 0.318 e. The minimum absolute atomic E-state index is 0.0146. The highest BCUT2D eigenvalue weighted by Crippen LogP contribution is 2.14. The van der Waals surface area contributed by atoms with Crippen molar-refractivity contribution in [2.75, 3.05) is 26.2 Å². The van der Waals surface area contributed by atoms with Crippen molar-refractivity contribution in [1.29, 1.82) is 0 Å². The van der Waals surface area contributed by atoms with Gasteiger partial charge in [0.25, 0.3) is 0 Å². The van der Waals surface area contributed by atoms with Gasteiger partial charge in [0.05, 0.1) is 5.69 Å². The lowest BCUT2D eigenvalue weighted by Crippen LogP contribution is -2.47. The predicted molar refractivity (Wildman–Crippen MR) is 97.4 cm³/mol. The Morgan fingerprint density at radius 3 is 2.64 bits per heavy atom. The van der Waals surface area contributed by atoms with Gasteiger partial charge in [-0.2, -0.15) is 5.10 Å². The summed E-state index contributed by atoms with van der Waals surface area (Å²) in [6, 6.07) is -0.169. The van der Waals surface area contributed by atoms with Gasteiger partial charge >= 0.3 is 6.03 Å². The summed E-state index contributed by atoms with van der Waals surface area (Å²) in [5, 5.41) is 7.46. The maximum atomic E-state index is 12.6. The van der Waals surface area contributed by atoms with Crippen LogP contribution in [0.2, 0.25) is 0 Å². The molecule has 0 radical (unpaired) electrons. The van der Waals surface area contributed by atoms with Crippen molar-refractivity contribution in [3.63, 3.8) is 0 Å². The van der Waals surface area contributed by atoms with Crippen molar-refractivity contribution in [2.24, 2.45) is 7.05 Å². The normalized spacial score (nSPS) is 16.8. The molecule has 7 nitrogen and oxygen atoms in total. The first-order valence-electron chi connectivity index (χ1n) is 9.15. The van der Waals surface area contributed by atoms with Gasteiger partial charge in [-0.25, -0.2) is 4.79 Å². The van der Waals surface area contributed by atoms with Crippen LogP contribution in [0.5, 0.6) is 0 Å². The molecule has 1 saturated heterocycles. The SMILES string of the molecule is CCCN1CCCN(C(=O)N[C@@H](C)Cc2c(C)nn(C)c2C)CC1=O. The van der Waals surface area contributed by atoms with Gasteiger partial charge in [0.15, 0.2) is 0 Å². The van der Waals surface area contributed by atoms with Gasteiger partial charge in [-0.15, -0.1) is 0 Å². The Labute approximate surface area is 150 Å². The highest BCUT2D eigenvalue weighted by molar-refractivity contribution is 5.84. The van der Waals surface area contributed by atoms with E-state index in [2.05, 4.69) is 17.3 Å². The topological polar surface area (TPSA) is 70.5 Å². The molecule has 1 N–H and O–H groups in total. The van der Waals surface area contributed by atoms with Crippen LogP contribution in [0.3, 0.4) is 0 Å². The number of carbonyl (C=O) groups excluding carboxylic acids is 2. The zero-order chi connectivity index (χ0) is 18.6. The van der Waals surface area contributed by atoms with Crippen LogP contribution in [0.25, 0.3) is 0 Å². The molecule has 1 aliphatic rings. The molecule has 0 bridgehead atoms. The van der Waals surface area contributed by atoms with Gasteiger partial charge in [0.2, 0.25) is 5.91 Å². The van der Waals surface area contributed by atoms with E-state index in [0.717, 1.165) is 43.7 Å². The summed E-state index contributed by atoms with van der Waals surface area (Å²) in [5.74, 6) is 0.0427. The maximum Gasteiger partial charge on any atom is 0.318 e. The second-order valence-electron chi connectivity index (χ2n) is 6.98. The average Bonchev–Trinajstić information content (AvgIpc) is 2.71. The number of aryl methyl sites for hydroxylation is 2. The lowest BCUT2D eigenvalue weighted by atomic mass is 10.1. The fourth-order valence-electron chi connectivity index (χ4n) is 3.37.